The second-order valence-electron chi connectivity index (χ2n) is 4.96. The van der Waals surface area contributed by atoms with Gasteiger partial charge in [-0.3, -0.25) is 0 Å². The van der Waals surface area contributed by atoms with E-state index in [0.29, 0.717) is 11.6 Å². The van der Waals surface area contributed by atoms with Crippen molar-refractivity contribution in [2.24, 2.45) is 0 Å². The predicted octanol–water partition coefficient (Wildman–Crippen LogP) is 4.81. The molecule has 0 spiro atoms. The van der Waals surface area contributed by atoms with E-state index >= 15 is 0 Å². The predicted molar refractivity (Wildman–Crippen MR) is 91.3 cm³/mol. The van der Waals surface area contributed by atoms with Crippen LogP contribution in [0.25, 0.3) is 10.8 Å². The number of nitrogens with one attached hydrogen (secondary N) is 2. The van der Waals surface area contributed by atoms with Crippen LogP contribution in [-0.4, -0.2) is 6.03 Å². The van der Waals surface area contributed by atoms with Gasteiger partial charge in [-0.05, 0) is 29.1 Å². The zero-order valence-corrected chi connectivity index (χ0v) is 12.6. The van der Waals surface area contributed by atoms with Crippen molar-refractivity contribution in [2.45, 2.75) is 6.54 Å². The third kappa shape index (κ3) is 3.38. The number of hydrogen-bond acceptors (Lipinski definition) is 1. The Labute approximate surface area is 133 Å². The SMILES string of the molecule is O=C(NCc1cccc(Cl)c1)Nc1cccc2ccccc12. The lowest BCUT2D eigenvalue weighted by molar-refractivity contribution is 0.252. The summed E-state index contributed by atoms with van der Waals surface area (Å²) in [6.45, 7) is 0.428. The number of halogens is 1. The van der Waals surface area contributed by atoms with Crippen molar-refractivity contribution in [3.05, 3.63) is 77.3 Å². The monoisotopic (exact) mass is 310 g/mol. The molecule has 4 heteroatoms. The maximum Gasteiger partial charge on any atom is 0.319 e. The van der Waals surface area contributed by atoms with Crippen LogP contribution >= 0.6 is 11.6 Å². The van der Waals surface area contributed by atoms with Gasteiger partial charge in [-0.2, -0.15) is 0 Å². The van der Waals surface area contributed by atoms with Gasteiger partial charge in [-0.15, -0.1) is 0 Å². The van der Waals surface area contributed by atoms with Crippen LogP contribution in [0.1, 0.15) is 5.56 Å². The second kappa shape index (κ2) is 6.50. The lowest BCUT2D eigenvalue weighted by atomic mass is 10.1. The Hall–Kier alpha value is -2.52. The van der Waals surface area contributed by atoms with Crippen LogP contribution in [0.3, 0.4) is 0 Å². The third-order valence-electron chi connectivity index (χ3n) is 3.38. The lowest BCUT2D eigenvalue weighted by Gasteiger charge is -2.10. The zero-order valence-electron chi connectivity index (χ0n) is 11.8. The topological polar surface area (TPSA) is 41.1 Å². The summed E-state index contributed by atoms with van der Waals surface area (Å²) in [5.74, 6) is 0. The first-order valence-corrected chi connectivity index (χ1v) is 7.37. The molecule has 0 fully saturated rings. The first kappa shape index (κ1) is 14.4. The molecule has 2 N–H and O–H groups in total. The van der Waals surface area contributed by atoms with Gasteiger partial charge in [-0.25, -0.2) is 4.79 Å². The minimum absolute atomic E-state index is 0.240. The molecule has 0 saturated heterocycles. The highest BCUT2D eigenvalue weighted by Crippen LogP contribution is 2.22. The number of hydrogen-bond donors (Lipinski definition) is 2. The number of rotatable bonds is 3. The van der Waals surface area contributed by atoms with Gasteiger partial charge < -0.3 is 10.6 Å². The van der Waals surface area contributed by atoms with E-state index in [1.54, 1.807) is 6.07 Å². The minimum atomic E-state index is -0.240. The quantitative estimate of drug-likeness (QED) is 0.716. The highest BCUT2D eigenvalue weighted by atomic mass is 35.5. The largest absolute Gasteiger partial charge is 0.334 e. The Bertz CT molecular complexity index is 812. The molecule has 110 valence electrons. The van der Waals surface area contributed by atoms with Crippen molar-refractivity contribution >= 4 is 34.1 Å². The standard InChI is InChI=1S/C18H15ClN2O/c19-15-8-3-5-13(11-15)12-20-18(22)21-17-10-4-7-14-6-1-2-9-16(14)17/h1-11H,12H2,(H2,20,21,22). The summed E-state index contributed by atoms with van der Waals surface area (Å²) in [5.41, 5.74) is 1.75. The molecule has 3 aromatic rings. The summed E-state index contributed by atoms with van der Waals surface area (Å²) < 4.78 is 0. The molecule has 0 unspecified atom stereocenters. The normalized spacial score (nSPS) is 10.4. The Morgan fingerprint density at radius 3 is 2.59 bits per heavy atom. The second-order valence-corrected chi connectivity index (χ2v) is 5.40. The number of urea groups is 1. The number of benzene rings is 3. The van der Waals surface area contributed by atoms with Crippen molar-refractivity contribution < 1.29 is 4.79 Å². The van der Waals surface area contributed by atoms with Crippen molar-refractivity contribution in [1.29, 1.82) is 0 Å². The van der Waals surface area contributed by atoms with Gasteiger partial charge in [0.2, 0.25) is 0 Å². The van der Waals surface area contributed by atoms with Crippen molar-refractivity contribution in [3.8, 4) is 0 Å². The summed E-state index contributed by atoms with van der Waals surface area (Å²) in [5, 5.41) is 8.49. The molecule has 0 aliphatic heterocycles. The van der Waals surface area contributed by atoms with Crippen molar-refractivity contribution in [1.82, 2.24) is 5.32 Å². The maximum atomic E-state index is 12.1. The smallest absolute Gasteiger partial charge is 0.319 e. The molecule has 3 rings (SSSR count). The number of carbonyl (C=O) groups excluding carboxylic acids is 1. The van der Waals surface area contributed by atoms with Gasteiger partial charge in [0.25, 0.3) is 0 Å². The van der Waals surface area contributed by atoms with Crippen LogP contribution in [0.5, 0.6) is 0 Å². The average Bonchev–Trinajstić information content (AvgIpc) is 2.53. The van der Waals surface area contributed by atoms with Crippen molar-refractivity contribution in [3.63, 3.8) is 0 Å². The first-order chi connectivity index (χ1) is 10.7. The van der Waals surface area contributed by atoms with E-state index in [9.17, 15) is 4.79 Å². The molecule has 2 amide bonds. The first-order valence-electron chi connectivity index (χ1n) is 6.99. The third-order valence-corrected chi connectivity index (χ3v) is 3.62. The summed E-state index contributed by atoms with van der Waals surface area (Å²) in [7, 11) is 0. The van der Waals surface area contributed by atoms with Crippen molar-refractivity contribution in [2.75, 3.05) is 5.32 Å². The Morgan fingerprint density at radius 1 is 0.955 bits per heavy atom. The summed E-state index contributed by atoms with van der Waals surface area (Å²) in [6, 6.07) is 21.0. The van der Waals surface area contributed by atoms with Crippen LogP contribution < -0.4 is 10.6 Å². The molecule has 0 radical (unpaired) electrons. The molecule has 0 saturated carbocycles. The fraction of sp³-hybridized carbons (Fsp3) is 0.0556. The molecule has 22 heavy (non-hydrogen) atoms. The number of anilines is 1. The average molecular weight is 311 g/mol. The molecule has 0 aliphatic rings. The van der Waals surface area contributed by atoms with E-state index in [0.717, 1.165) is 22.0 Å². The van der Waals surface area contributed by atoms with Crippen LogP contribution in [0.15, 0.2) is 66.7 Å². The zero-order chi connectivity index (χ0) is 15.4. The fourth-order valence-electron chi connectivity index (χ4n) is 2.33. The van der Waals surface area contributed by atoms with Crippen LogP contribution in [-0.2, 0) is 6.54 Å². The molecule has 3 aromatic carbocycles. The molecule has 3 nitrogen and oxygen atoms in total. The van der Waals surface area contributed by atoms with E-state index in [1.165, 1.54) is 0 Å². The Kier molecular flexibility index (Phi) is 4.26. The number of amides is 2. The molecular weight excluding hydrogens is 296 g/mol. The highest BCUT2D eigenvalue weighted by Gasteiger charge is 2.05. The minimum Gasteiger partial charge on any atom is -0.334 e. The molecule has 0 aliphatic carbocycles. The molecule has 0 bridgehead atoms. The van der Waals surface area contributed by atoms with Crippen LogP contribution in [0.2, 0.25) is 5.02 Å². The lowest BCUT2D eigenvalue weighted by Crippen LogP contribution is -2.28. The van der Waals surface area contributed by atoms with Crippen LogP contribution in [0.4, 0.5) is 10.5 Å². The van der Waals surface area contributed by atoms with E-state index in [2.05, 4.69) is 10.6 Å². The fourth-order valence-corrected chi connectivity index (χ4v) is 2.54. The molecular formula is C18H15ClN2O. The Balaban J connectivity index is 1.68. The highest BCUT2D eigenvalue weighted by molar-refractivity contribution is 6.30. The Morgan fingerprint density at radius 2 is 1.73 bits per heavy atom. The van der Waals surface area contributed by atoms with E-state index in [1.807, 2.05) is 60.7 Å². The van der Waals surface area contributed by atoms with Gasteiger partial charge in [-0.1, -0.05) is 60.1 Å². The molecule has 0 atom stereocenters. The van der Waals surface area contributed by atoms with E-state index in [-0.39, 0.29) is 6.03 Å². The van der Waals surface area contributed by atoms with Gasteiger partial charge in [0, 0.05) is 17.0 Å². The molecule has 0 aromatic heterocycles. The summed E-state index contributed by atoms with van der Waals surface area (Å²) >= 11 is 5.93. The van der Waals surface area contributed by atoms with E-state index in [4.69, 9.17) is 11.6 Å². The number of fused-ring (bicyclic) bond motifs is 1. The summed E-state index contributed by atoms with van der Waals surface area (Å²) in [4.78, 5) is 12.1. The molecule has 0 heterocycles. The summed E-state index contributed by atoms with van der Waals surface area (Å²) in [6.07, 6.45) is 0. The maximum absolute atomic E-state index is 12.1. The van der Waals surface area contributed by atoms with Gasteiger partial charge in [0.15, 0.2) is 0 Å². The van der Waals surface area contributed by atoms with Gasteiger partial charge in [0.1, 0.15) is 0 Å². The van der Waals surface area contributed by atoms with Crippen LogP contribution in [0, 0.1) is 0 Å². The van der Waals surface area contributed by atoms with E-state index < -0.39 is 0 Å². The van der Waals surface area contributed by atoms with Gasteiger partial charge >= 0.3 is 6.03 Å². The van der Waals surface area contributed by atoms with Gasteiger partial charge in [0.05, 0.1) is 5.69 Å². The number of carbonyl (C=O) groups is 1.